The summed E-state index contributed by atoms with van der Waals surface area (Å²) < 4.78 is 0. The van der Waals surface area contributed by atoms with Crippen molar-refractivity contribution >= 4 is 35.7 Å². The van der Waals surface area contributed by atoms with Gasteiger partial charge in [0.15, 0.2) is 0 Å². The van der Waals surface area contributed by atoms with E-state index in [4.69, 9.17) is 5.11 Å². The molecular formula is C21H28N4O6. The highest BCUT2D eigenvalue weighted by Gasteiger charge is 2.37. The SMILES string of the molecule is C[C@H](NC(=O)c1ccc(N(C)C)cc1)C(=O)N1CCCC1C(=O)N[C@H](C=O)CC(=O)O. The number of anilines is 1. The maximum absolute atomic E-state index is 12.9. The van der Waals surface area contributed by atoms with Crippen LogP contribution in [0.3, 0.4) is 0 Å². The summed E-state index contributed by atoms with van der Waals surface area (Å²) in [4.78, 5) is 62.9. The van der Waals surface area contributed by atoms with Crippen molar-refractivity contribution in [3.8, 4) is 0 Å². The monoisotopic (exact) mass is 432 g/mol. The lowest BCUT2D eigenvalue weighted by Gasteiger charge is -2.27. The van der Waals surface area contributed by atoms with Gasteiger partial charge < -0.3 is 30.3 Å². The van der Waals surface area contributed by atoms with Gasteiger partial charge in [-0.1, -0.05) is 0 Å². The largest absolute Gasteiger partial charge is 0.481 e. The fraction of sp³-hybridized carbons (Fsp3) is 0.476. The van der Waals surface area contributed by atoms with E-state index >= 15 is 0 Å². The first-order valence-electron chi connectivity index (χ1n) is 10.00. The fourth-order valence-electron chi connectivity index (χ4n) is 3.40. The molecule has 1 saturated heterocycles. The molecule has 31 heavy (non-hydrogen) atoms. The Labute approximate surface area is 180 Å². The molecule has 1 heterocycles. The Balaban J connectivity index is 1.99. The third kappa shape index (κ3) is 6.27. The van der Waals surface area contributed by atoms with Gasteiger partial charge in [0, 0.05) is 31.9 Å². The molecule has 1 aromatic rings. The molecule has 3 N–H and O–H groups in total. The van der Waals surface area contributed by atoms with E-state index in [1.54, 1.807) is 31.2 Å². The highest BCUT2D eigenvalue weighted by molar-refractivity contribution is 5.98. The molecule has 3 atom stereocenters. The molecule has 0 aliphatic carbocycles. The van der Waals surface area contributed by atoms with Gasteiger partial charge in [-0.25, -0.2) is 0 Å². The number of nitrogens with zero attached hydrogens (tertiary/aromatic N) is 2. The smallest absolute Gasteiger partial charge is 0.305 e. The second-order valence-corrected chi connectivity index (χ2v) is 7.68. The van der Waals surface area contributed by atoms with Crippen molar-refractivity contribution in [1.29, 1.82) is 0 Å². The van der Waals surface area contributed by atoms with E-state index in [-0.39, 0.29) is 0 Å². The van der Waals surface area contributed by atoms with Gasteiger partial charge in [0.2, 0.25) is 11.8 Å². The van der Waals surface area contributed by atoms with Crippen LogP contribution in [0.25, 0.3) is 0 Å². The van der Waals surface area contributed by atoms with Gasteiger partial charge in [0.25, 0.3) is 5.91 Å². The van der Waals surface area contributed by atoms with Crippen LogP contribution in [0, 0.1) is 0 Å². The maximum atomic E-state index is 12.9. The number of benzene rings is 1. The number of carboxylic acids is 1. The number of rotatable bonds is 9. The summed E-state index contributed by atoms with van der Waals surface area (Å²) in [7, 11) is 3.77. The predicted molar refractivity (Wildman–Crippen MR) is 113 cm³/mol. The zero-order chi connectivity index (χ0) is 23.1. The van der Waals surface area contributed by atoms with Crippen molar-refractivity contribution in [3.05, 3.63) is 29.8 Å². The van der Waals surface area contributed by atoms with Crippen LogP contribution in [0.5, 0.6) is 0 Å². The molecule has 1 fully saturated rings. The zero-order valence-corrected chi connectivity index (χ0v) is 17.8. The summed E-state index contributed by atoms with van der Waals surface area (Å²) in [6.45, 7) is 1.87. The van der Waals surface area contributed by atoms with Gasteiger partial charge in [-0.15, -0.1) is 0 Å². The van der Waals surface area contributed by atoms with E-state index in [0.717, 1.165) is 5.69 Å². The van der Waals surface area contributed by atoms with Crippen molar-refractivity contribution in [3.63, 3.8) is 0 Å². The van der Waals surface area contributed by atoms with Gasteiger partial charge in [0.05, 0.1) is 12.5 Å². The molecule has 1 aromatic carbocycles. The first kappa shape index (κ1) is 23.8. The van der Waals surface area contributed by atoms with Crippen LogP contribution in [0.1, 0.15) is 36.5 Å². The van der Waals surface area contributed by atoms with Crippen LogP contribution in [0.15, 0.2) is 24.3 Å². The van der Waals surface area contributed by atoms with Gasteiger partial charge in [-0.05, 0) is 44.0 Å². The fourth-order valence-corrected chi connectivity index (χ4v) is 3.40. The van der Waals surface area contributed by atoms with E-state index in [2.05, 4.69) is 10.6 Å². The number of carbonyl (C=O) groups excluding carboxylic acids is 4. The van der Waals surface area contributed by atoms with Crippen molar-refractivity contribution < 1.29 is 29.1 Å². The lowest BCUT2D eigenvalue weighted by Crippen LogP contribution is -2.54. The summed E-state index contributed by atoms with van der Waals surface area (Å²) in [5.41, 5.74) is 1.34. The molecule has 10 heteroatoms. The first-order chi connectivity index (χ1) is 14.6. The van der Waals surface area contributed by atoms with Crippen LogP contribution < -0.4 is 15.5 Å². The number of nitrogens with one attached hydrogen (secondary N) is 2. The number of aldehydes is 1. The Morgan fingerprint density at radius 3 is 2.39 bits per heavy atom. The van der Waals surface area contributed by atoms with Crippen molar-refractivity contribution in [2.24, 2.45) is 0 Å². The zero-order valence-electron chi connectivity index (χ0n) is 17.8. The van der Waals surface area contributed by atoms with E-state index < -0.39 is 48.2 Å². The summed E-state index contributed by atoms with van der Waals surface area (Å²) in [5, 5.41) is 13.8. The maximum Gasteiger partial charge on any atom is 0.305 e. The Bertz CT molecular complexity index is 839. The van der Waals surface area contributed by atoms with Gasteiger partial charge in [0.1, 0.15) is 18.4 Å². The number of amides is 3. The Morgan fingerprint density at radius 1 is 1.19 bits per heavy atom. The van der Waals surface area contributed by atoms with Gasteiger partial charge in [-0.3, -0.25) is 19.2 Å². The van der Waals surface area contributed by atoms with Crippen molar-refractivity contribution in [2.75, 3.05) is 25.5 Å². The van der Waals surface area contributed by atoms with Crippen LogP contribution in [-0.2, 0) is 19.2 Å². The number of carboxylic acid groups (broad SMARTS) is 1. The van der Waals surface area contributed by atoms with Gasteiger partial charge in [-0.2, -0.15) is 0 Å². The number of likely N-dealkylation sites (tertiary alicyclic amines) is 1. The minimum Gasteiger partial charge on any atom is -0.481 e. The molecule has 2 rings (SSSR count). The van der Waals surface area contributed by atoms with Crippen LogP contribution in [0.2, 0.25) is 0 Å². The minimum atomic E-state index is -1.22. The lowest BCUT2D eigenvalue weighted by atomic mass is 10.1. The minimum absolute atomic E-state index is 0.333. The van der Waals surface area contributed by atoms with Crippen LogP contribution in [0.4, 0.5) is 5.69 Å². The molecular weight excluding hydrogens is 404 g/mol. The molecule has 1 unspecified atom stereocenters. The number of carbonyl (C=O) groups is 5. The quantitative estimate of drug-likeness (QED) is 0.468. The predicted octanol–water partition coefficient (Wildman–Crippen LogP) is 0.0203. The first-order valence-corrected chi connectivity index (χ1v) is 10.00. The second kappa shape index (κ2) is 10.6. The highest BCUT2D eigenvalue weighted by Crippen LogP contribution is 2.19. The number of hydrogen-bond donors (Lipinski definition) is 3. The number of hydrogen-bond acceptors (Lipinski definition) is 6. The van der Waals surface area contributed by atoms with Gasteiger partial charge >= 0.3 is 5.97 Å². The van der Waals surface area contributed by atoms with Crippen molar-refractivity contribution in [1.82, 2.24) is 15.5 Å². The molecule has 10 nitrogen and oxygen atoms in total. The molecule has 1 aliphatic rings. The Hall–Kier alpha value is -3.43. The Kier molecular flexibility index (Phi) is 8.12. The van der Waals surface area contributed by atoms with E-state index in [1.807, 2.05) is 19.0 Å². The molecule has 0 bridgehead atoms. The summed E-state index contributed by atoms with van der Waals surface area (Å²) in [6.07, 6.45) is 0.802. The Morgan fingerprint density at radius 2 is 1.84 bits per heavy atom. The van der Waals surface area contributed by atoms with E-state index in [9.17, 15) is 24.0 Å². The summed E-state index contributed by atoms with van der Waals surface area (Å²) >= 11 is 0. The molecule has 3 amide bonds. The van der Waals surface area contributed by atoms with Crippen molar-refractivity contribution in [2.45, 2.75) is 44.3 Å². The molecule has 0 radical (unpaired) electrons. The molecule has 0 spiro atoms. The molecule has 1 aliphatic heterocycles. The third-order valence-corrected chi connectivity index (χ3v) is 5.09. The normalized spacial score (nSPS) is 17.4. The third-order valence-electron chi connectivity index (χ3n) is 5.09. The average molecular weight is 432 g/mol. The molecule has 168 valence electrons. The molecule has 0 aromatic heterocycles. The highest BCUT2D eigenvalue weighted by atomic mass is 16.4. The topological polar surface area (TPSA) is 136 Å². The van der Waals surface area contributed by atoms with E-state index in [0.29, 0.717) is 31.2 Å². The summed E-state index contributed by atoms with van der Waals surface area (Å²) in [6, 6.07) is 4.07. The van der Waals surface area contributed by atoms with Crippen LogP contribution in [-0.4, -0.2) is 78.7 Å². The lowest BCUT2D eigenvalue weighted by molar-refractivity contribution is -0.141. The second-order valence-electron chi connectivity index (χ2n) is 7.68. The number of aliphatic carboxylic acids is 1. The summed E-state index contributed by atoms with van der Waals surface area (Å²) in [5.74, 6) is -2.63. The van der Waals surface area contributed by atoms with E-state index in [1.165, 1.54) is 4.90 Å². The van der Waals surface area contributed by atoms with Crippen LogP contribution >= 0.6 is 0 Å². The average Bonchev–Trinajstić information content (AvgIpc) is 3.22. The molecule has 0 saturated carbocycles. The standard InChI is InChI=1S/C21H28N4O6/c1-13(22-19(29)14-6-8-16(9-7-14)24(2)3)21(31)25-10-4-5-17(25)20(30)23-15(12-26)11-18(27)28/h6-9,12-13,15,17H,4-5,10-11H2,1-3H3,(H,22,29)(H,23,30)(H,27,28)/t13-,15-,17?/m0/s1.